The van der Waals surface area contributed by atoms with Crippen molar-refractivity contribution in [1.82, 2.24) is 9.78 Å². The van der Waals surface area contributed by atoms with Crippen LogP contribution in [0.2, 0.25) is 5.02 Å². The highest BCUT2D eigenvalue weighted by atomic mass is 35.5. The fourth-order valence-corrected chi connectivity index (χ4v) is 3.79. The van der Waals surface area contributed by atoms with Crippen molar-refractivity contribution in [2.24, 2.45) is 0 Å². The number of hydrogen-bond acceptors (Lipinski definition) is 7. The van der Waals surface area contributed by atoms with Crippen LogP contribution < -0.4 is 5.32 Å². The maximum atomic E-state index is 12.5. The Labute approximate surface area is 185 Å². The lowest BCUT2D eigenvalue weighted by atomic mass is 10.2. The molecule has 1 N–H and O–H groups in total. The molecule has 0 bridgehead atoms. The van der Waals surface area contributed by atoms with Crippen molar-refractivity contribution < 1.29 is 14.6 Å². The molecule has 160 valence electrons. The van der Waals surface area contributed by atoms with E-state index in [1.807, 2.05) is 31.2 Å². The lowest BCUT2D eigenvalue weighted by Crippen LogP contribution is -2.20. The highest BCUT2D eigenvalue weighted by Crippen LogP contribution is 2.33. The number of nitro benzene ring substituents is 1. The van der Waals surface area contributed by atoms with Crippen LogP contribution in [-0.2, 0) is 11.3 Å². The van der Waals surface area contributed by atoms with Gasteiger partial charge >= 0.3 is 5.82 Å². The van der Waals surface area contributed by atoms with Crippen molar-refractivity contribution in [3.8, 4) is 0 Å². The molecule has 0 saturated carbocycles. The van der Waals surface area contributed by atoms with Crippen molar-refractivity contribution in [3.05, 3.63) is 79.0 Å². The van der Waals surface area contributed by atoms with E-state index in [1.54, 1.807) is 6.07 Å². The number of carbonyl (C=O) groups excluding carboxylic acids is 1. The number of anilines is 1. The number of non-ortho nitro benzene ring substituents is 1. The van der Waals surface area contributed by atoms with Crippen molar-refractivity contribution >= 4 is 46.5 Å². The van der Waals surface area contributed by atoms with E-state index >= 15 is 0 Å². The molecule has 3 rings (SSSR count). The average Bonchev–Trinajstić information content (AvgIpc) is 2.98. The summed E-state index contributed by atoms with van der Waals surface area (Å²) in [5.74, 6) is -1.11. The normalized spacial score (nSPS) is 10.7. The zero-order chi connectivity index (χ0) is 22.7. The Kier molecular flexibility index (Phi) is 6.56. The predicted molar refractivity (Wildman–Crippen MR) is 116 cm³/mol. The van der Waals surface area contributed by atoms with Crippen LogP contribution in [0.25, 0.3) is 0 Å². The van der Waals surface area contributed by atoms with Crippen LogP contribution in [0.15, 0.2) is 52.3 Å². The first kappa shape index (κ1) is 22.2. The van der Waals surface area contributed by atoms with Crippen LogP contribution in [0.3, 0.4) is 0 Å². The monoisotopic (exact) mass is 461 g/mol. The highest BCUT2D eigenvalue weighted by molar-refractivity contribution is 7.99. The molecule has 0 radical (unpaired) electrons. The highest BCUT2D eigenvalue weighted by Gasteiger charge is 2.25. The summed E-state index contributed by atoms with van der Waals surface area (Å²) in [4.78, 5) is 34.9. The van der Waals surface area contributed by atoms with Gasteiger partial charge in [-0.3, -0.25) is 14.9 Å². The van der Waals surface area contributed by atoms with Crippen molar-refractivity contribution in [2.45, 2.75) is 30.2 Å². The number of benzene rings is 2. The molecule has 1 amide bonds. The van der Waals surface area contributed by atoms with Gasteiger partial charge in [0, 0.05) is 27.6 Å². The van der Waals surface area contributed by atoms with Gasteiger partial charge in [0.1, 0.15) is 6.54 Å². The number of nitro groups is 2. The fraction of sp³-hybridized carbons (Fsp3) is 0.158. The minimum atomic E-state index is -0.737. The lowest BCUT2D eigenvalue weighted by molar-refractivity contribution is -0.389. The molecule has 31 heavy (non-hydrogen) atoms. The number of nitrogens with zero attached hydrogens (tertiary/aromatic N) is 4. The molecular weight excluding hydrogens is 446 g/mol. The van der Waals surface area contributed by atoms with Crippen molar-refractivity contribution in [1.29, 1.82) is 0 Å². The van der Waals surface area contributed by atoms with Gasteiger partial charge in [0.2, 0.25) is 5.91 Å². The number of aromatic nitrogens is 2. The summed E-state index contributed by atoms with van der Waals surface area (Å²) in [5, 5.41) is 28.4. The Morgan fingerprint density at radius 1 is 1.10 bits per heavy atom. The summed E-state index contributed by atoms with van der Waals surface area (Å²) in [6, 6.07) is 11.9. The molecule has 0 unspecified atom stereocenters. The van der Waals surface area contributed by atoms with E-state index in [-0.39, 0.29) is 28.6 Å². The molecule has 3 aromatic rings. The summed E-state index contributed by atoms with van der Waals surface area (Å²) < 4.78 is 1.11. The molecule has 0 aliphatic rings. The van der Waals surface area contributed by atoms with Crippen LogP contribution in [0.5, 0.6) is 0 Å². The second kappa shape index (κ2) is 9.14. The number of nitrogens with one attached hydrogen (secondary N) is 1. The number of amides is 1. The number of rotatable bonds is 7. The standard InChI is InChI=1S/C19H16ClN5O5S/c1-11-3-5-15(6-4-11)31-16-8-13(7-14(9-16)24(27)28)21-17(26)10-23-12(2)18(20)19(22-23)25(29)30/h3-9H,10H2,1-2H3,(H,21,26). The quantitative estimate of drug-likeness (QED) is 0.396. The molecule has 12 heteroatoms. The zero-order valence-corrected chi connectivity index (χ0v) is 17.9. The molecule has 0 aliphatic carbocycles. The van der Waals surface area contributed by atoms with E-state index in [4.69, 9.17) is 11.6 Å². The third-order valence-corrected chi connectivity index (χ3v) is 5.65. The largest absolute Gasteiger partial charge is 0.408 e. The number of carbonyl (C=O) groups is 1. The van der Waals surface area contributed by atoms with Gasteiger partial charge in [-0.25, -0.2) is 0 Å². The molecule has 0 fully saturated rings. The fourth-order valence-electron chi connectivity index (χ4n) is 2.68. The summed E-state index contributed by atoms with van der Waals surface area (Å²) in [6.07, 6.45) is 0. The minimum absolute atomic E-state index is 0.148. The molecule has 1 aromatic heterocycles. The SMILES string of the molecule is Cc1ccc(Sc2cc(NC(=O)Cn3nc([N+](=O)[O-])c(Cl)c3C)cc([N+](=O)[O-])c2)cc1. The molecule has 0 aliphatic heterocycles. The first-order valence-electron chi connectivity index (χ1n) is 8.85. The van der Waals surface area contributed by atoms with Crippen LogP contribution in [0, 0.1) is 34.1 Å². The Morgan fingerprint density at radius 3 is 2.35 bits per heavy atom. The van der Waals surface area contributed by atoms with Gasteiger partial charge in [0.15, 0.2) is 5.02 Å². The van der Waals surface area contributed by atoms with Gasteiger partial charge in [0.05, 0.1) is 15.7 Å². The number of aryl methyl sites for hydroxylation is 1. The summed E-state index contributed by atoms with van der Waals surface area (Å²) in [7, 11) is 0. The Bertz CT molecular complexity index is 1180. The molecule has 10 nitrogen and oxygen atoms in total. The molecular formula is C19H16ClN5O5S. The van der Waals surface area contributed by atoms with Gasteiger partial charge in [0.25, 0.3) is 5.69 Å². The summed E-state index contributed by atoms with van der Waals surface area (Å²) >= 11 is 7.20. The maximum absolute atomic E-state index is 12.5. The van der Waals surface area contributed by atoms with E-state index < -0.39 is 21.6 Å². The Balaban J connectivity index is 1.81. The van der Waals surface area contributed by atoms with Crippen molar-refractivity contribution in [3.63, 3.8) is 0 Å². The topological polar surface area (TPSA) is 133 Å². The third kappa shape index (κ3) is 5.38. The van der Waals surface area contributed by atoms with Gasteiger partial charge in [-0.1, -0.05) is 41.1 Å². The molecule has 0 saturated heterocycles. The number of halogens is 1. The molecule has 2 aromatic carbocycles. The first-order valence-corrected chi connectivity index (χ1v) is 10.0. The Hall–Kier alpha value is -3.44. The minimum Gasteiger partial charge on any atom is -0.358 e. The van der Waals surface area contributed by atoms with Crippen LogP contribution in [0.4, 0.5) is 17.2 Å². The maximum Gasteiger partial charge on any atom is 0.408 e. The third-order valence-electron chi connectivity index (χ3n) is 4.23. The second-order valence-corrected chi connectivity index (χ2v) is 8.10. The van der Waals surface area contributed by atoms with Crippen LogP contribution in [-0.4, -0.2) is 25.5 Å². The van der Waals surface area contributed by atoms with E-state index in [1.165, 1.54) is 30.8 Å². The van der Waals surface area contributed by atoms with Gasteiger partial charge in [-0.05, 0) is 37.0 Å². The van der Waals surface area contributed by atoms with Gasteiger partial charge < -0.3 is 15.4 Å². The van der Waals surface area contributed by atoms with Crippen LogP contribution in [0.1, 0.15) is 11.3 Å². The van der Waals surface area contributed by atoms with E-state index in [2.05, 4.69) is 10.4 Å². The van der Waals surface area contributed by atoms with Gasteiger partial charge in [-0.2, -0.15) is 4.68 Å². The van der Waals surface area contributed by atoms with E-state index in [0.717, 1.165) is 15.1 Å². The molecule has 0 atom stereocenters. The smallest absolute Gasteiger partial charge is 0.358 e. The average molecular weight is 462 g/mol. The Morgan fingerprint density at radius 2 is 1.77 bits per heavy atom. The summed E-state index contributed by atoms with van der Waals surface area (Å²) in [6.45, 7) is 3.11. The van der Waals surface area contributed by atoms with E-state index in [0.29, 0.717) is 4.90 Å². The molecule has 1 heterocycles. The zero-order valence-electron chi connectivity index (χ0n) is 16.4. The lowest BCUT2D eigenvalue weighted by Gasteiger charge is -2.08. The predicted octanol–water partition coefficient (Wildman–Crippen LogP) is 4.76. The molecule has 0 spiro atoms. The van der Waals surface area contributed by atoms with Gasteiger partial charge in [-0.15, -0.1) is 0 Å². The second-order valence-electron chi connectivity index (χ2n) is 6.57. The van der Waals surface area contributed by atoms with E-state index in [9.17, 15) is 25.0 Å². The summed E-state index contributed by atoms with van der Waals surface area (Å²) in [5.41, 5.74) is 1.39. The number of hydrogen-bond donors (Lipinski definition) is 1. The first-order chi connectivity index (χ1) is 14.6. The van der Waals surface area contributed by atoms with Crippen LogP contribution >= 0.6 is 23.4 Å². The van der Waals surface area contributed by atoms with Crippen molar-refractivity contribution in [2.75, 3.05) is 5.32 Å².